The summed E-state index contributed by atoms with van der Waals surface area (Å²) in [5.41, 5.74) is 4.68. The third-order valence-corrected chi connectivity index (χ3v) is 5.80. The van der Waals surface area contributed by atoms with Crippen molar-refractivity contribution in [1.82, 2.24) is 9.55 Å². The molecule has 0 amide bonds. The number of benzene rings is 3. The lowest BCUT2D eigenvalue weighted by molar-refractivity contribution is 0.913. The lowest BCUT2D eigenvalue weighted by atomic mass is 10.00. The minimum Gasteiger partial charge on any atom is -0.340 e. The van der Waals surface area contributed by atoms with Crippen LogP contribution in [0.5, 0.6) is 0 Å². The molecule has 25 heavy (non-hydrogen) atoms. The van der Waals surface area contributed by atoms with Crippen LogP contribution in [0.3, 0.4) is 0 Å². The van der Waals surface area contributed by atoms with E-state index >= 15 is 0 Å². The monoisotopic (exact) mass is 340 g/mol. The number of fused-ring (bicyclic) bond motifs is 3. The molecule has 2 heterocycles. The number of thiophene rings is 1. The van der Waals surface area contributed by atoms with Crippen LogP contribution >= 0.6 is 11.3 Å². The zero-order valence-corrected chi connectivity index (χ0v) is 14.6. The SMILES string of the molecule is Cn1cnc(-c2cccc(-c3cccc4c3sc3ccccc34)c2)c1. The Hall–Kier alpha value is -2.91. The lowest BCUT2D eigenvalue weighted by Gasteiger charge is -2.06. The van der Waals surface area contributed by atoms with Gasteiger partial charge in [0, 0.05) is 39.0 Å². The fourth-order valence-corrected chi connectivity index (χ4v) is 4.62. The fourth-order valence-electron chi connectivity index (χ4n) is 3.38. The Balaban J connectivity index is 1.73. The van der Waals surface area contributed by atoms with Crippen molar-refractivity contribution in [3.63, 3.8) is 0 Å². The normalized spacial score (nSPS) is 11.4. The molecular weight excluding hydrogens is 324 g/mol. The quantitative estimate of drug-likeness (QED) is 0.378. The van der Waals surface area contributed by atoms with Crippen molar-refractivity contribution in [3.8, 4) is 22.4 Å². The molecule has 5 rings (SSSR count). The Labute approximate surface area is 150 Å². The Bertz CT molecular complexity index is 1210. The Morgan fingerprint density at radius 3 is 2.52 bits per heavy atom. The third kappa shape index (κ3) is 2.36. The zero-order valence-electron chi connectivity index (χ0n) is 13.8. The molecule has 0 unspecified atom stereocenters. The first-order valence-electron chi connectivity index (χ1n) is 8.29. The minimum absolute atomic E-state index is 1.01. The number of hydrogen-bond donors (Lipinski definition) is 0. The summed E-state index contributed by atoms with van der Waals surface area (Å²) in [6.07, 6.45) is 3.90. The second-order valence-corrected chi connectivity index (χ2v) is 7.34. The number of aromatic nitrogens is 2. The van der Waals surface area contributed by atoms with Gasteiger partial charge in [0.25, 0.3) is 0 Å². The summed E-state index contributed by atoms with van der Waals surface area (Å²) in [7, 11) is 2.00. The van der Waals surface area contributed by atoms with Gasteiger partial charge in [-0.2, -0.15) is 0 Å². The molecule has 0 spiro atoms. The molecule has 0 N–H and O–H groups in total. The molecule has 3 aromatic carbocycles. The molecule has 0 bridgehead atoms. The standard InChI is InChI=1S/C22H16N2S/c1-24-13-20(23-14-24)16-7-4-6-15(12-16)17-9-5-10-19-18-8-2-3-11-21(18)25-22(17)19/h2-14H,1H3. The van der Waals surface area contributed by atoms with Crippen molar-refractivity contribution in [1.29, 1.82) is 0 Å². The van der Waals surface area contributed by atoms with Crippen molar-refractivity contribution in [2.24, 2.45) is 7.05 Å². The van der Waals surface area contributed by atoms with Crippen LogP contribution in [-0.4, -0.2) is 9.55 Å². The molecule has 0 aliphatic rings. The summed E-state index contributed by atoms with van der Waals surface area (Å²) in [5, 5.41) is 2.67. The average Bonchev–Trinajstić information content (AvgIpc) is 3.25. The first-order chi connectivity index (χ1) is 12.3. The van der Waals surface area contributed by atoms with Crippen LogP contribution in [0.25, 0.3) is 42.6 Å². The van der Waals surface area contributed by atoms with E-state index in [1.54, 1.807) is 0 Å². The highest BCUT2D eigenvalue weighted by molar-refractivity contribution is 7.26. The van der Waals surface area contributed by atoms with E-state index in [2.05, 4.69) is 77.9 Å². The second kappa shape index (κ2) is 5.57. The number of rotatable bonds is 2. The van der Waals surface area contributed by atoms with E-state index in [1.165, 1.54) is 31.3 Å². The first kappa shape index (κ1) is 14.4. The largest absolute Gasteiger partial charge is 0.340 e. The van der Waals surface area contributed by atoms with Gasteiger partial charge in [-0.3, -0.25) is 0 Å². The lowest BCUT2D eigenvalue weighted by Crippen LogP contribution is -1.82. The van der Waals surface area contributed by atoms with E-state index < -0.39 is 0 Å². The zero-order chi connectivity index (χ0) is 16.8. The number of hydrogen-bond acceptors (Lipinski definition) is 2. The number of nitrogens with zero attached hydrogens (tertiary/aromatic N) is 2. The van der Waals surface area contributed by atoms with Crippen LogP contribution in [0.1, 0.15) is 0 Å². The van der Waals surface area contributed by atoms with Gasteiger partial charge in [0.05, 0.1) is 12.0 Å². The second-order valence-electron chi connectivity index (χ2n) is 6.29. The summed E-state index contributed by atoms with van der Waals surface area (Å²) in [5.74, 6) is 0. The van der Waals surface area contributed by atoms with E-state index in [0.29, 0.717) is 0 Å². The van der Waals surface area contributed by atoms with E-state index in [-0.39, 0.29) is 0 Å². The predicted octanol–water partition coefficient (Wildman–Crippen LogP) is 6.12. The van der Waals surface area contributed by atoms with Crippen LogP contribution in [-0.2, 0) is 7.05 Å². The fraction of sp³-hybridized carbons (Fsp3) is 0.0455. The van der Waals surface area contributed by atoms with E-state index in [9.17, 15) is 0 Å². The summed E-state index contributed by atoms with van der Waals surface area (Å²) in [4.78, 5) is 4.48. The third-order valence-electron chi connectivity index (χ3n) is 4.58. The molecule has 0 aliphatic heterocycles. The van der Waals surface area contributed by atoms with Crippen molar-refractivity contribution in [2.75, 3.05) is 0 Å². The van der Waals surface area contributed by atoms with Gasteiger partial charge in [-0.1, -0.05) is 54.6 Å². The highest BCUT2D eigenvalue weighted by atomic mass is 32.1. The smallest absolute Gasteiger partial charge is 0.0951 e. The molecule has 0 radical (unpaired) electrons. The van der Waals surface area contributed by atoms with Gasteiger partial charge >= 0.3 is 0 Å². The van der Waals surface area contributed by atoms with Gasteiger partial charge in [-0.25, -0.2) is 4.98 Å². The highest BCUT2D eigenvalue weighted by Crippen LogP contribution is 2.40. The van der Waals surface area contributed by atoms with Gasteiger partial charge in [-0.15, -0.1) is 11.3 Å². The van der Waals surface area contributed by atoms with E-state index in [1.807, 2.05) is 29.3 Å². The van der Waals surface area contributed by atoms with Crippen LogP contribution in [0.2, 0.25) is 0 Å². The maximum atomic E-state index is 4.48. The van der Waals surface area contributed by atoms with Crippen molar-refractivity contribution < 1.29 is 0 Å². The Morgan fingerprint density at radius 2 is 1.64 bits per heavy atom. The molecule has 3 heteroatoms. The minimum atomic E-state index is 1.01. The van der Waals surface area contributed by atoms with Gasteiger partial charge in [0.15, 0.2) is 0 Å². The van der Waals surface area contributed by atoms with E-state index in [0.717, 1.165) is 11.3 Å². The van der Waals surface area contributed by atoms with Crippen molar-refractivity contribution in [2.45, 2.75) is 0 Å². The topological polar surface area (TPSA) is 17.8 Å². The molecule has 2 aromatic heterocycles. The summed E-state index contributed by atoms with van der Waals surface area (Å²) < 4.78 is 4.67. The Kier molecular flexibility index (Phi) is 3.22. The Morgan fingerprint density at radius 1 is 0.840 bits per heavy atom. The van der Waals surface area contributed by atoms with E-state index in [4.69, 9.17) is 0 Å². The van der Waals surface area contributed by atoms with Crippen LogP contribution in [0.4, 0.5) is 0 Å². The predicted molar refractivity (Wildman–Crippen MR) is 107 cm³/mol. The van der Waals surface area contributed by atoms with Crippen molar-refractivity contribution >= 4 is 31.5 Å². The molecule has 120 valence electrons. The summed E-state index contributed by atoms with van der Waals surface area (Å²) in [6.45, 7) is 0. The molecule has 0 atom stereocenters. The van der Waals surface area contributed by atoms with Gasteiger partial charge in [-0.05, 0) is 23.3 Å². The molecule has 0 aliphatic carbocycles. The molecule has 5 aromatic rings. The molecule has 0 fully saturated rings. The van der Waals surface area contributed by atoms with Gasteiger partial charge in [0.2, 0.25) is 0 Å². The molecule has 2 nitrogen and oxygen atoms in total. The maximum absolute atomic E-state index is 4.48. The van der Waals surface area contributed by atoms with Gasteiger partial charge < -0.3 is 4.57 Å². The van der Waals surface area contributed by atoms with Crippen molar-refractivity contribution in [3.05, 3.63) is 79.3 Å². The van der Waals surface area contributed by atoms with Gasteiger partial charge in [0.1, 0.15) is 0 Å². The average molecular weight is 340 g/mol. The number of aryl methyl sites for hydroxylation is 1. The summed E-state index contributed by atoms with van der Waals surface area (Å²) in [6, 6.07) is 23.9. The molecular formula is C22H16N2S. The van der Waals surface area contributed by atoms with Crippen LogP contribution < -0.4 is 0 Å². The summed E-state index contributed by atoms with van der Waals surface area (Å²) >= 11 is 1.87. The maximum Gasteiger partial charge on any atom is 0.0951 e. The number of imidazole rings is 1. The van der Waals surface area contributed by atoms with Crippen LogP contribution in [0, 0.1) is 0 Å². The highest BCUT2D eigenvalue weighted by Gasteiger charge is 2.11. The molecule has 0 saturated heterocycles. The first-order valence-corrected chi connectivity index (χ1v) is 9.10. The van der Waals surface area contributed by atoms with Crippen LogP contribution in [0.15, 0.2) is 79.3 Å². The molecule has 0 saturated carbocycles.